The van der Waals surface area contributed by atoms with Gasteiger partial charge in [0, 0.05) is 81.6 Å². The number of benzene rings is 1. The van der Waals surface area contributed by atoms with Crippen molar-refractivity contribution in [1.82, 2.24) is 19.4 Å². The van der Waals surface area contributed by atoms with Gasteiger partial charge in [0.15, 0.2) is 5.82 Å². The first-order valence-corrected chi connectivity index (χ1v) is 14.0. The number of likely N-dealkylation sites (N-methyl/N-ethyl adjacent to an activating group) is 1. The molecule has 15 heteroatoms. The number of halogens is 5. The van der Waals surface area contributed by atoms with Crippen LogP contribution >= 0.6 is 0 Å². The van der Waals surface area contributed by atoms with E-state index in [1.165, 1.54) is 19.4 Å². The fraction of sp³-hybridized carbons (Fsp3) is 0.448. The highest BCUT2D eigenvalue weighted by Crippen LogP contribution is 2.40. The minimum atomic E-state index is -5.04. The number of nitrogens with zero attached hydrogens (tertiary/aromatic N) is 6. The van der Waals surface area contributed by atoms with Gasteiger partial charge < -0.3 is 24.4 Å². The second kappa shape index (κ2) is 12.1. The Kier molecular flexibility index (Phi) is 8.62. The predicted octanol–water partition coefficient (Wildman–Crippen LogP) is 3.76. The number of alkyl halides is 3. The fourth-order valence-electron chi connectivity index (χ4n) is 5.44. The third kappa shape index (κ3) is 6.11. The van der Waals surface area contributed by atoms with Gasteiger partial charge in [0.25, 0.3) is 11.5 Å². The molecule has 0 spiro atoms. The molecule has 2 aromatic heterocycles. The summed E-state index contributed by atoms with van der Waals surface area (Å²) in [7, 11) is 3.10. The number of ether oxygens (including phenoxy) is 1. The Morgan fingerprint density at radius 2 is 1.61 bits per heavy atom. The predicted molar refractivity (Wildman–Crippen MR) is 154 cm³/mol. The number of nitrogens with one attached hydrogen (secondary N) is 1. The molecule has 0 saturated carbocycles. The Morgan fingerprint density at radius 3 is 2.20 bits per heavy atom. The first-order valence-electron chi connectivity index (χ1n) is 14.0. The van der Waals surface area contributed by atoms with E-state index in [0.717, 1.165) is 16.8 Å². The largest absolute Gasteiger partial charge is 0.417 e. The Balaban J connectivity index is 1.61. The summed E-state index contributed by atoms with van der Waals surface area (Å²) < 4.78 is 79.9. The number of amides is 1. The van der Waals surface area contributed by atoms with E-state index in [1.807, 2.05) is 25.8 Å². The summed E-state index contributed by atoms with van der Waals surface area (Å²) in [5.41, 5.74) is -4.47. The summed E-state index contributed by atoms with van der Waals surface area (Å²) in [4.78, 5) is 39.5. The van der Waals surface area contributed by atoms with E-state index < -0.39 is 51.7 Å². The molecular formula is C29H32F5N7O3. The average molecular weight is 622 g/mol. The van der Waals surface area contributed by atoms with Gasteiger partial charge in [-0.25, -0.2) is 18.7 Å². The van der Waals surface area contributed by atoms with Gasteiger partial charge in [-0.2, -0.15) is 13.2 Å². The van der Waals surface area contributed by atoms with Crippen LogP contribution in [0.15, 0.2) is 35.5 Å². The van der Waals surface area contributed by atoms with E-state index in [4.69, 9.17) is 4.74 Å². The zero-order valence-corrected chi connectivity index (χ0v) is 24.6. The van der Waals surface area contributed by atoms with Crippen molar-refractivity contribution in [2.45, 2.75) is 32.1 Å². The molecule has 3 aromatic rings. The summed E-state index contributed by atoms with van der Waals surface area (Å²) in [5, 5.41) is 2.28. The average Bonchev–Trinajstić information content (AvgIpc) is 2.98. The van der Waals surface area contributed by atoms with Gasteiger partial charge in [-0.15, -0.1) is 0 Å². The number of rotatable bonds is 5. The van der Waals surface area contributed by atoms with Gasteiger partial charge in [-0.1, -0.05) is 0 Å². The fourth-order valence-corrected chi connectivity index (χ4v) is 5.44. The number of hydrogen-bond acceptors (Lipinski definition) is 8. The Hall–Kier alpha value is -4.11. The molecule has 44 heavy (non-hydrogen) atoms. The zero-order chi connectivity index (χ0) is 31.9. The van der Waals surface area contributed by atoms with Crippen molar-refractivity contribution in [3.8, 4) is 11.1 Å². The van der Waals surface area contributed by atoms with Crippen molar-refractivity contribution >= 4 is 23.2 Å². The molecule has 0 bridgehead atoms. The monoisotopic (exact) mass is 621 g/mol. The van der Waals surface area contributed by atoms with Crippen molar-refractivity contribution < 1.29 is 31.5 Å². The smallest absolute Gasteiger partial charge is 0.378 e. The van der Waals surface area contributed by atoms with Gasteiger partial charge in [0.05, 0.1) is 35.6 Å². The number of pyridine rings is 1. The van der Waals surface area contributed by atoms with Crippen molar-refractivity contribution in [2.75, 3.05) is 61.6 Å². The van der Waals surface area contributed by atoms with Crippen LogP contribution in [0, 0.1) is 11.6 Å². The third-order valence-corrected chi connectivity index (χ3v) is 8.14. The molecule has 4 heterocycles. The van der Waals surface area contributed by atoms with E-state index >= 15 is 8.78 Å². The summed E-state index contributed by atoms with van der Waals surface area (Å²) in [6.07, 6.45) is -1.81. The second-order valence-corrected chi connectivity index (χ2v) is 11.1. The van der Waals surface area contributed by atoms with E-state index in [-0.39, 0.29) is 23.3 Å². The number of morpholine rings is 1. The number of carbonyl (C=O) groups excluding carboxylic acids is 1. The number of aromatic nitrogens is 3. The topological polar surface area (TPSA) is 95.8 Å². The molecule has 2 unspecified atom stereocenters. The number of aryl methyl sites for hydroxylation is 1. The van der Waals surface area contributed by atoms with Gasteiger partial charge in [-0.05, 0) is 20.9 Å². The summed E-state index contributed by atoms with van der Waals surface area (Å²) in [6, 6.07) is 1.27. The molecule has 2 aliphatic rings. The molecule has 5 rings (SSSR count). The van der Waals surface area contributed by atoms with Crippen LogP contribution in [0.25, 0.3) is 11.1 Å². The van der Waals surface area contributed by atoms with Crippen LogP contribution in [0.3, 0.4) is 0 Å². The first kappa shape index (κ1) is 31.3. The van der Waals surface area contributed by atoms with Crippen LogP contribution in [-0.4, -0.2) is 83.9 Å². The second-order valence-electron chi connectivity index (χ2n) is 11.1. The molecule has 2 atom stereocenters. The molecule has 1 aromatic carbocycles. The molecule has 2 fully saturated rings. The first-order chi connectivity index (χ1) is 20.8. The van der Waals surface area contributed by atoms with Crippen LogP contribution in [0.2, 0.25) is 0 Å². The van der Waals surface area contributed by atoms with E-state index in [1.54, 1.807) is 4.90 Å². The van der Waals surface area contributed by atoms with Crippen LogP contribution in [-0.2, 0) is 18.0 Å². The van der Waals surface area contributed by atoms with Crippen molar-refractivity contribution in [3.05, 3.63) is 63.8 Å². The van der Waals surface area contributed by atoms with E-state index in [0.29, 0.717) is 51.4 Å². The van der Waals surface area contributed by atoms with E-state index in [9.17, 15) is 22.8 Å². The van der Waals surface area contributed by atoms with Gasteiger partial charge in [0.2, 0.25) is 5.95 Å². The molecule has 0 radical (unpaired) electrons. The molecule has 0 aliphatic carbocycles. The molecule has 236 valence electrons. The maximum atomic E-state index is 16.5. The van der Waals surface area contributed by atoms with Crippen LogP contribution in [0.4, 0.5) is 39.3 Å². The zero-order valence-electron chi connectivity index (χ0n) is 24.6. The molecule has 2 saturated heterocycles. The molecule has 1 amide bonds. The summed E-state index contributed by atoms with van der Waals surface area (Å²) >= 11 is 0. The highest BCUT2D eigenvalue weighted by atomic mass is 19.4. The van der Waals surface area contributed by atoms with E-state index in [2.05, 4.69) is 20.2 Å². The van der Waals surface area contributed by atoms with Crippen molar-refractivity contribution in [2.24, 2.45) is 7.05 Å². The van der Waals surface area contributed by atoms with Gasteiger partial charge in [-0.3, -0.25) is 14.5 Å². The number of piperazine rings is 1. The quantitative estimate of drug-likeness (QED) is 0.431. The summed E-state index contributed by atoms with van der Waals surface area (Å²) in [6.45, 7) is 6.55. The lowest BCUT2D eigenvalue weighted by molar-refractivity contribution is -0.138. The van der Waals surface area contributed by atoms with Gasteiger partial charge >= 0.3 is 6.18 Å². The summed E-state index contributed by atoms with van der Waals surface area (Å²) in [5.74, 6) is -3.14. The maximum Gasteiger partial charge on any atom is 0.417 e. The molecular weight excluding hydrogens is 589 g/mol. The minimum Gasteiger partial charge on any atom is -0.378 e. The maximum absolute atomic E-state index is 16.5. The minimum absolute atomic E-state index is 0.0303. The van der Waals surface area contributed by atoms with Crippen LogP contribution < -0.4 is 20.7 Å². The Labute approximate surface area is 250 Å². The molecule has 10 nitrogen and oxygen atoms in total. The standard InChI is InChI=1S/C29H32F5N7O3/c1-16-13-41(14-17(2)39(16)4)22-10-21(30)24(18-11-35-28(36-12-18)40-5-7-44-8-6-40)25(31)26(22)37-27(43)19-15-38(3)23(42)9-20(19)29(32,33)34/h9-12,15-17H,5-8,13-14H2,1-4H3,(H,37,43). The third-order valence-electron chi connectivity index (χ3n) is 8.14. The van der Waals surface area contributed by atoms with Gasteiger partial charge in [0.1, 0.15) is 11.5 Å². The highest BCUT2D eigenvalue weighted by Gasteiger charge is 2.37. The lowest BCUT2D eigenvalue weighted by atomic mass is 10.0. The normalized spacial score (nSPS) is 19.8. The Bertz CT molecular complexity index is 1590. The Morgan fingerprint density at radius 1 is 1.00 bits per heavy atom. The lowest BCUT2D eigenvalue weighted by Gasteiger charge is -2.44. The molecule has 2 aliphatic heterocycles. The number of anilines is 3. The van der Waals surface area contributed by atoms with Crippen molar-refractivity contribution in [1.29, 1.82) is 0 Å². The SMILES string of the molecule is CC1CN(c2cc(F)c(-c3cnc(N4CCOCC4)nc3)c(F)c2NC(=O)c2cn(C)c(=O)cc2C(F)(F)F)CC(C)N1C. The van der Waals surface area contributed by atoms with Crippen LogP contribution in [0.1, 0.15) is 29.8 Å². The van der Waals surface area contributed by atoms with Crippen LogP contribution in [0.5, 0.6) is 0 Å². The lowest BCUT2D eigenvalue weighted by Crippen LogP contribution is -2.55. The number of carbonyl (C=O) groups is 1. The highest BCUT2D eigenvalue weighted by molar-refractivity contribution is 6.07. The number of hydrogen-bond donors (Lipinski definition) is 1. The van der Waals surface area contributed by atoms with Crippen molar-refractivity contribution in [3.63, 3.8) is 0 Å². The molecule has 1 N–H and O–H groups in total.